The maximum Gasteiger partial charge on any atom is 0.220 e. The molecule has 29 heavy (non-hydrogen) atoms. The van der Waals surface area contributed by atoms with Gasteiger partial charge in [0.05, 0.1) is 6.04 Å². The summed E-state index contributed by atoms with van der Waals surface area (Å²) in [5.41, 5.74) is 2.21. The molecule has 1 aromatic carbocycles. The Kier molecular flexibility index (Phi) is 8.19. The van der Waals surface area contributed by atoms with Crippen molar-refractivity contribution < 1.29 is 9.59 Å². The third-order valence-corrected chi connectivity index (χ3v) is 5.28. The number of hydrogen-bond acceptors (Lipinski definition) is 4. The summed E-state index contributed by atoms with van der Waals surface area (Å²) < 4.78 is 0. The molecule has 0 bridgehead atoms. The quantitative estimate of drug-likeness (QED) is 0.650. The zero-order valence-corrected chi connectivity index (χ0v) is 16.8. The van der Waals surface area contributed by atoms with Crippen molar-refractivity contribution in [2.45, 2.75) is 44.7 Å². The van der Waals surface area contributed by atoms with E-state index in [2.05, 4.69) is 26.6 Å². The van der Waals surface area contributed by atoms with Gasteiger partial charge < -0.3 is 10.6 Å². The van der Waals surface area contributed by atoms with E-state index in [0.29, 0.717) is 32.4 Å². The number of carbonyl (C=O) groups excluding carboxylic acids is 2. The van der Waals surface area contributed by atoms with Crippen LogP contribution in [0.15, 0.2) is 54.9 Å². The van der Waals surface area contributed by atoms with E-state index in [4.69, 9.17) is 0 Å². The lowest BCUT2D eigenvalue weighted by atomic mass is 10.1. The molecule has 6 nitrogen and oxygen atoms in total. The van der Waals surface area contributed by atoms with Crippen LogP contribution < -0.4 is 10.6 Å². The first-order valence-corrected chi connectivity index (χ1v) is 10.4. The molecule has 1 unspecified atom stereocenters. The highest BCUT2D eigenvalue weighted by atomic mass is 16.2. The van der Waals surface area contributed by atoms with Crippen LogP contribution in [0.4, 0.5) is 0 Å². The first kappa shape index (κ1) is 21.0. The minimum absolute atomic E-state index is 0.00560. The second kappa shape index (κ2) is 11.3. The first-order valence-electron chi connectivity index (χ1n) is 10.4. The SMILES string of the molecule is O=C(CCCC(=O)NCC(c1cccnc1)N1CCCC1)NCc1ccccc1. The van der Waals surface area contributed by atoms with E-state index in [1.54, 1.807) is 6.20 Å². The van der Waals surface area contributed by atoms with Crippen molar-refractivity contribution in [1.82, 2.24) is 20.5 Å². The van der Waals surface area contributed by atoms with Crippen LogP contribution in [0.3, 0.4) is 0 Å². The predicted molar refractivity (Wildman–Crippen MR) is 113 cm³/mol. The van der Waals surface area contributed by atoms with E-state index in [1.807, 2.05) is 42.6 Å². The molecular weight excluding hydrogens is 364 g/mol. The highest BCUT2D eigenvalue weighted by Gasteiger charge is 2.24. The molecule has 3 rings (SSSR count). The van der Waals surface area contributed by atoms with E-state index in [0.717, 1.165) is 24.2 Å². The van der Waals surface area contributed by atoms with Crippen molar-refractivity contribution >= 4 is 11.8 Å². The summed E-state index contributed by atoms with van der Waals surface area (Å²) >= 11 is 0. The molecule has 2 heterocycles. The van der Waals surface area contributed by atoms with Crippen LogP contribution in [0.25, 0.3) is 0 Å². The summed E-state index contributed by atoms with van der Waals surface area (Å²) in [7, 11) is 0. The molecule has 2 amide bonds. The van der Waals surface area contributed by atoms with Crippen molar-refractivity contribution in [3.63, 3.8) is 0 Å². The largest absolute Gasteiger partial charge is 0.354 e. The molecule has 0 aliphatic carbocycles. The Morgan fingerprint density at radius 3 is 2.38 bits per heavy atom. The van der Waals surface area contributed by atoms with Crippen molar-refractivity contribution in [3.8, 4) is 0 Å². The average Bonchev–Trinajstić information content (AvgIpc) is 3.28. The van der Waals surface area contributed by atoms with Crippen molar-refractivity contribution in [3.05, 3.63) is 66.0 Å². The molecule has 2 aromatic rings. The second-order valence-electron chi connectivity index (χ2n) is 7.47. The number of likely N-dealkylation sites (tertiary alicyclic amines) is 1. The number of benzene rings is 1. The minimum atomic E-state index is -0.0213. The van der Waals surface area contributed by atoms with Gasteiger partial charge in [0.2, 0.25) is 11.8 Å². The fourth-order valence-corrected chi connectivity index (χ4v) is 3.68. The van der Waals surface area contributed by atoms with Crippen LogP contribution >= 0.6 is 0 Å². The minimum Gasteiger partial charge on any atom is -0.354 e. The number of rotatable bonds is 10. The molecule has 6 heteroatoms. The van der Waals surface area contributed by atoms with Crippen molar-refractivity contribution in [2.24, 2.45) is 0 Å². The summed E-state index contributed by atoms with van der Waals surface area (Å²) in [6, 6.07) is 14.0. The van der Waals surface area contributed by atoms with Gasteiger partial charge in [0.15, 0.2) is 0 Å². The van der Waals surface area contributed by atoms with Gasteiger partial charge in [0.25, 0.3) is 0 Å². The summed E-state index contributed by atoms with van der Waals surface area (Å²) in [6.45, 7) is 3.20. The van der Waals surface area contributed by atoms with Crippen LogP contribution in [0, 0.1) is 0 Å². The molecule has 1 saturated heterocycles. The van der Waals surface area contributed by atoms with Gasteiger partial charge >= 0.3 is 0 Å². The summed E-state index contributed by atoms with van der Waals surface area (Å²) in [5.74, 6) is -0.0269. The van der Waals surface area contributed by atoms with Crippen LogP contribution in [0.5, 0.6) is 0 Å². The zero-order valence-electron chi connectivity index (χ0n) is 16.8. The lowest BCUT2D eigenvalue weighted by Gasteiger charge is -2.28. The fraction of sp³-hybridized carbons (Fsp3) is 0.435. The monoisotopic (exact) mass is 394 g/mol. The molecule has 1 aromatic heterocycles. The van der Waals surface area contributed by atoms with E-state index >= 15 is 0 Å². The van der Waals surface area contributed by atoms with Gasteiger partial charge in [0.1, 0.15) is 0 Å². The lowest BCUT2D eigenvalue weighted by Crippen LogP contribution is -2.36. The van der Waals surface area contributed by atoms with Crippen LogP contribution in [-0.4, -0.2) is 41.3 Å². The van der Waals surface area contributed by atoms with E-state index in [9.17, 15) is 9.59 Å². The van der Waals surface area contributed by atoms with Crippen molar-refractivity contribution in [2.75, 3.05) is 19.6 Å². The van der Waals surface area contributed by atoms with E-state index < -0.39 is 0 Å². The Hall–Kier alpha value is -2.73. The van der Waals surface area contributed by atoms with Gasteiger partial charge in [0, 0.05) is 38.3 Å². The normalized spacial score (nSPS) is 15.0. The number of nitrogens with one attached hydrogen (secondary N) is 2. The third-order valence-electron chi connectivity index (χ3n) is 5.28. The Labute approximate surface area is 172 Å². The highest BCUT2D eigenvalue weighted by Crippen LogP contribution is 2.23. The Balaban J connectivity index is 1.37. The van der Waals surface area contributed by atoms with Gasteiger partial charge in [-0.25, -0.2) is 0 Å². The molecule has 0 saturated carbocycles. The molecule has 1 fully saturated rings. The van der Waals surface area contributed by atoms with E-state index in [1.165, 1.54) is 12.8 Å². The fourth-order valence-electron chi connectivity index (χ4n) is 3.68. The molecule has 2 N–H and O–H groups in total. The standard InChI is InChI=1S/C23H30N4O2/c28-22(25-16-19-8-2-1-3-9-19)11-6-12-23(29)26-18-21(27-14-4-5-15-27)20-10-7-13-24-17-20/h1-3,7-10,13,17,21H,4-6,11-12,14-16,18H2,(H,25,28)(H,26,29). The lowest BCUT2D eigenvalue weighted by molar-refractivity contribution is -0.122. The highest BCUT2D eigenvalue weighted by molar-refractivity contribution is 5.78. The number of aromatic nitrogens is 1. The van der Waals surface area contributed by atoms with Crippen LogP contribution in [0.2, 0.25) is 0 Å². The topological polar surface area (TPSA) is 74.3 Å². The number of carbonyl (C=O) groups is 2. The number of pyridine rings is 1. The maximum absolute atomic E-state index is 12.3. The number of hydrogen-bond donors (Lipinski definition) is 2. The maximum atomic E-state index is 12.3. The molecule has 0 radical (unpaired) electrons. The molecular formula is C23H30N4O2. The van der Waals surface area contributed by atoms with E-state index in [-0.39, 0.29) is 17.9 Å². The number of nitrogens with zero attached hydrogens (tertiary/aromatic N) is 2. The Morgan fingerprint density at radius 2 is 1.69 bits per heavy atom. The second-order valence-corrected chi connectivity index (χ2v) is 7.47. The Morgan fingerprint density at radius 1 is 0.966 bits per heavy atom. The van der Waals surface area contributed by atoms with Gasteiger partial charge in [-0.15, -0.1) is 0 Å². The van der Waals surface area contributed by atoms with Gasteiger partial charge in [-0.2, -0.15) is 0 Å². The molecule has 0 spiro atoms. The molecule has 154 valence electrons. The molecule has 1 aliphatic heterocycles. The van der Waals surface area contributed by atoms with Gasteiger partial charge in [-0.3, -0.25) is 19.5 Å². The van der Waals surface area contributed by atoms with Crippen molar-refractivity contribution in [1.29, 1.82) is 0 Å². The molecule has 1 aliphatic rings. The summed E-state index contributed by atoms with van der Waals surface area (Å²) in [4.78, 5) is 30.9. The zero-order chi connectivity index (χ0) is 20.3. The summed E-state index contributed by atoms with van der Waals surface area (Å²) in [6.07, 6.45) is 7.31. The van der Waals surface area contributed by atoms with Crippen LogP contribution in [0.1, 0.15) is 49.3 Å². The average molecular weight is 395 g/mol. The Bertz CT molecular complexity index is 761. The first-order chi connectivity index (χ1) is 14.2. The summed E-state index contributed by atoms with van der Waals surface area (Å²) in [5, 5.41) is 5.95. The molecule has 1 atom stereocenters. The third kappa shape index (κ3) is 6.98. The van der Waals surface area contributed by atoms with Crippen LogP contribution in [-0.2, 0) is 16.1 Å². The smallest absolute Gasteiger partial charge is 0.220 e. The predicted octanol–water partition coefficient (Wildman–Crippen LogP) is 2.82. The number of amides is 2. The van der Waals surface area contributed by atoms with Gasteiger partial charge in [-0.05, 0) is 49.5 Å². The van der Waals surface area contributed by atoms with Gasteiger partial charge in [-0.1, -0.05) is 36.4 Å².